The standard InChI is InChI=1S/C24H20ClNO2/c1-18(20-10-6-3-7-11-20)26(24(28)21-13-15-22(25)16-14-21)23(27)17-12-19-8-4-2-5-9-19/h2-18H,1H3/b17-12+. The molecule has 140 valence electrons. The number of halogens is 1. The van der Waals surface area contributed by atoms with Gasteiger partial charge in [-0.05, 0) is 48.4 Å². The van der Waals surface area contributed by atoms with Crippen molar-refractivity contribution in [2.24, 2.45) is 0 Å². The van der Waals surface area contributed by atoms with Gasteiger partial charge in [0.25, 0.3) is 11.8 Å². The van der Waals surface area contributed by atoms with Crippen LogP contribution in [0.4, 0.5) is 0 Å². The van der Waals surface area contributed by atoms with Gasteiger partial charge in [-0.1, -0.05) is 72.3 Å². The predicted octanol–water partition coefficient (Wildman–Crippen LogP) is 5.78. The average molecular weight is 390 g/mol. The maximum Gasteiger partial charge on any atom is 0.261 e. The molecule has 2 amide bonds. The Morgan fingerprint density at radius 3 is 2.04 bits per heavy atom. The molecule has 0 heterocycles. The Morgan fingerprint density at radius 2 is 1.43 bits per heavy atom. The van der Waals surface area contributed by atoms with Gasteiger partial charge in [-0.25, -0.2) is 0 Å². The fourth-order valence-electron chi connectivity index (χ4n) is 2.89. The van der Waals surface area contributed by atoms with E-state index in [0.29, 0.717) is 10.6 Å². The van der Waals surface area contributed by atoms with Crippen LogP contribution in [0, 0.1) is 0 Å². The first-order valence-electron chi connectivity index (χ1n) is 8.97. The molecule has 1 unspecified atom stereocenters. The number of hydrogen-bond acceptors (Lipinski definition) is 2. The van der Waals surface area contributed by atoms with E-state index >= 15 is 0 Å². The Hall–Kier alpha value is -3.17. The SMILES string of the molecule is CC(c1ccccc1)N(C(=O)/C=C/c1ccccc1)C(=O)c1ccc(Cl)cc1. The van der Waals surface area contributed by atoms with E-state index in [1.807, 2.05) is 67.6 Å². The van der Waals surface area contributed by atoms with E-state index in [4.69, 9.17) is 11.6 Å². The van der Waals surface area contributed by atoms with Crippen molar-refractivity contribution in [2.75, 3.05) is 0 Å². The quantitative estimate of drug-likeness (QED) is 0.518. The summed E-state index contributed by atoms with van der Waals surface area (Å²) in [4.78, 5) is 27.4. The van der Waals surface area contributed by atoms with Crippen LogP contribution in [0.3, 0.4) is 0 Å². The van der Waals surface area contributed by atoms with Crippen LogP contribution >= 0.6 is 11.6 Å². The van der Waals surface area contributed by atoms with Gasteiger partial charge in [0.15, 0.2) is 0 Å². The lowest BCUT2D eigenvalue weighted by molar-refractivity contribution is -0.125. The van der Waals surface area contributed by atoms with Gasteiger partial charge in [-0.3, -0.25) is 14.5 Å². The minimum atomic E-state index is -0.419. The zero-order chi connectivity index (χ0) is 19.9. The number of imide groups is 1. The first-order valence-corrected chi connectivity index (χ1v) is 9.35. The molecular weight excluding hydrogens is 370 g/mol. The molecule has 4 heteroatoms. The lowest BCUT2D eigenvalue weighted by atomic mass is 10.0. The predicted molar refractivity (Wildman–Crippen MR) is 113 cm³/mol. The molecule has 0 spiro atoms. The second-order valence-corrected chi connectivity index (χ2v) is 6.79. The lowest BCUT2D eigenvalue weighted by Crippen LogP contribution is -2.38. The van der Waals surface area contributed by atoms with Gasteiger partial charge in [0.05, 0.1) is 6.04 Å². The van der Waals surface area contributed by atoms with Crippen LogP contribution in [-0.2, 0) is 4.79 Å². The Labute approximate surface area is 169 Å². The van der Waals surface area contributed by atoms with Crippen molar-refractivity contribution >= 4 is 29.5 Å². The minimum absolute atomic E-state index is 0.365. The number of carbonyl (C=O) groups excluding carboxylic acids is 2. The smallest absolute Gasteiger partial charge is 0.261 e. The molecule has 0 bridgehead atoms. The van der Waals surface area contributed by atoms with Crippen LogP contribution < -0.4 is 0 Å². The summed E-state index contributed by atoms with van der Waals surface area (Å²) in [5.41, 5.74) is 2.18. The second-order valence-electron chi connectivity index (χ2n) is 6.35. The molecule has 3 aromatic carbocycles. The molecule has 0 radical (unpaired) electrons. The maximum atomic E-state index is 13.2. The average Bonchev–Trinajstić information content (AvgIpc) is 2.74. The van der Waals surface area contributed by atoms with Crippen molar-refractivity contribution in [1.29, 1.82) is 0 Å². The van der Waals surface area contributed by atoms with Gasteiger partial charge in [-0.15, -0.1) is 0 Å². The molecule has 3 aromatic rings. The minimum Gasteiger partial charge on any atom is -0.269 e. The van der Waals surface area contributed by atoms with Gasteiger partial charge in [0.2, 0.25) is 0 Å². The zero-order valence-corrected chi connectivity index (χ0v) is 16.2. The molecule has 0 aliphatic rings. The van der Waals surface area contributed by atoms with Crippen molar-refractivity contribution in [2.45, 2.75) is 13.0 Å². The number of amides is 2. The van der Waals surface area contributed by atoms with Crippen molar-refractivity contribution in [3.05, 3.63) is 113 Å². The first-order chi connectivity index (χ1) is 13.6. The fourth-order valence-corrected chi connectivity index (χ4v) is 3.02. The van der Waals surface area contributed by atoms with Gasteiger partial charge < -0.3 is 0 Å². The fraction of sp³-hybridized carbons (Fsp3) is 0.0833. The lowest BCUT2D eigenvalue weighted by Gasteiger charge is -2.27. The maximum absolute atomic E-state index is 13.2. The summed E-state index contributed by atoms with van der Waals surface area (Å²) < 4.78 is 0. The number of rotatable bonds is 5. The van der Waals surface area contributed by atoms with E-state index < -0.39 is 6.04 Å². The third kappa shape index (κ3) is 4.76. The summed E-state index contributed by atoms with van der Waals surface area (Å²) in [6.07, 6.45) is 3.14. The number of carbonyl (C=O) groups is 2. The Morgan fingerprint density at radius 1 is 0.857 bits per heavy atom. The summed E-state index contributed by atoms with van der Waals surface area (Å²) in [5, 5.41) is 0.537. The highest BCUT2D eigenvalue weighted by atomic mass is 35.5. The normalized spacial score (nSPS) is 11.9. The molecule has 0 saturated heterocycles. The van der Waals surface area contributed by atoms with E-state index in [1.165, 1.54) is 11.0 Å². The summed E-state index contributed by atoms with van der Waals surface area (Å²) >= 11 is 5.93. The highest BCUT2D eigenvalue weighted by Gasteiger charge is 2.27. The molecule has 1 atom stereocenters. The molecule has 0 aromatic heterocycles. The van der Waals surface area contributed by atoms with E-state index in [9.17, 15) is 9.59 Å². The third-order valence-corrected chi connectivity index (χ3v) is 4.69. The van der Waals surface area contributed by atoms with Crippen LogP contribution in [-0.4, -0.2) is 16.7 Å². The molecule has 3 rings (SSSR count). The summed E-state index contributed by atoms with van der Waals surface area (Å²) in [6, 6.07) is 25.1. The topological polar surface area (TPSA) is 37.4 Å². The third-order valence-electron chi connectivity index (χ3n) is 4.43. The second kappa shape index (κ2) is 9.16. The zero-order valence-electron chi connectivity index (χ0n) is 15.5. The Balaban J connectivity index is 1.93. The summed E-state index contributed by atoms with van der Waals surface area (Å²) in [6.45, 7) is 1.84. The van der Waals surface area contributed by atoms with Gasteiger partial charge in [-0.2, -0.15) is 0 Å². The largest absolute Gasteiger partial charge is 0.269 e. The Kier molecular flexibility index (Phi) is 6.41. The van der Waals surface area contributed by atoms with Crippen molar-refractivity contribution in [3.63, 3.8) is 0 Å². The van der Waals surface area contributed by atoms with Crippen LogP contribution in [0.1, 0.15) is 34.5 Å². The number of nitrogens with zero attached hydrogens (tertiary/aromatic N) is 1. The van der Waals surface area contributed by atoms with E-state index in [1.54, 1.807) is 30.3 Å². The highest BCUT2D eigenvalue weighted by molar-refractivity contribution is 6.30. The van der Waals surface area contributed by atoms with E-state index in [-0.39, 0.29) is 11.8 Å². The molecule has 0 saturated carbocycles. The molecule has 0 fully saturated rings. The van der Waals surface area contributed by atoms with Crippen LogP contribution in [0.15, 0.2) is 91.0 Å². The first kappa shape index (κ1) is 19.6. The van der Waals surface area contributed by atoms with Crippen LogP contribution in [0.5, 0.6) is 0 Å². The number of hydrogen-bond donors (Lipinski definition) is 0. The molecule has 0 N–H and O–H groups in total. The summed E-state index contributed by atoms with van der Waals surface area (Å²) in [5.74, 6) is -0.740. The van der Waals surface area contributed by atoms with Gasteiger partial charge >= 0.3 is 0 Å². The van der Waals surface area contributed by atoms with Gasteiger partial charge in [0.1, 0.15) is 0 Å². The number of benzene rings is 3. The monoisotopic (exact) mass is 389 g/mol. The van der Waals surface area contributed by atoms with E-state index in [2.05, 4.69) is 0 Å². The molecular formula is C24H20ClNO2. The highest BCUT2D eigenvalue weighted by Crippen LogP contribution is 2.24. The molecule has 28 heavy (non-hydrogen) atoms. The molecule has 0 aliphatic heterocycles. The van der Waals surface area contributed by atoms with Crippen molar-refractivity contribution < 1.29 is 9.59 Å². The Bertz CT molecular complexity index is 967. The van der Waals surface area contributed by atoms with E-state index in [0.717, 1.165) is 11.1 Å². The van der Waals surface area contributed by atoms with Crippen LogP contribution in [0.2, 0.25) is 5.02 Å². The molecule has 3 nitrogen and oxygen atoms in total. The molecule has 0 aliphatic carbocycles. The van der Waals surface area contributed by atoms with Crippen LogP contribution in [0.25, 0.3) is 6.08 Å². The van der Waals surface area contributed by atoms with Crippen molar-refractivity contribution in [1.82, 2.24) is 4.90 Å². The van der Waals surface area contributed by atoms with Crippen molar-refractivity contribution in [3.8, 4) is 0 Å². The van der Waals surface area contributed by atoms with Gasteiger partial charge in [0, 0.05) is 16.7 Å². The summed E-state index contributed by atoms with van der Waals surface area (Å²) in [7, 11) is 0.